The summed E-state index contributed by atoms with van der Waals surface area (Å²) >= 11 is 0. The van der Waals surface area contributed by atoms with E-state index < -0.39 is 0 Å². The first-order valence-corrected chi connectivity index (χ1v) is 6.14. The largest absolute Gasteiger partial charge is 0.339 e. The number of carbonyl (C=O) groups is 1. The number of nitrogens with zero attached hydrogens (tertiary/aromatic N) is 2. The number of rotatable bonds is 3. The molecule has 0 radical (unpaired) electrons. The lowest BCUT2D eigenvalue weighted by molar-refractivity contribution is 0.0735. The van der Waals surface area contributed by atoms with Crippen molar-refractivity contribution in [3.05, 3.63) is 29.6 Å². The van der Waals surface area contributed by atoms with Crippen molar-refractivity contribution >= 4 is 5.91 Å². The molecule has 0 spiro atoms. The minimum Gasteiger partial charge on any atom is -0.339 e. The first-order valence-electron chi connectivity index (χ1n) is 6.14. The summed E-state index contributed by atoms with van der Waals surface area (Å²) in [4.78, 5) is 18.2. The molecule has 1 fully saturated rings. The molecule has 1 amide bonds. The molecule has 0 saturated heterocycles. The number of hydrogen-bond donors (Lipinski definition) is 1. The Bertz CT molecular complexity index is 399. The fraction of sp³-hybridized carbons (Fsp3) is 0.538. The van der Waals surface area contributed by atoms with Crippen LogP contribution in [0.5, 0.6) is 0 Å². The third-order valence-corrected chi connectivity index (χ3v) is 3.47. The molecule has 1 aliphatic carbocycles. The quantitative estimate of drug-likeness (QED) is 0.861. The normalized spacial score (nSPS) is 16.1. The highest BCUT2D eigenvalue weighted by atomic mass is 16.2. The molecule has 1 saturated carbocycles. The highest BCUT2D eigenvalue weighted by molar-refractivity contribution is 5.94. The Labute approximate surface area is 102 Å². The van der Waals surface area contributed by atoms with Gasteiger partial charge in [-0.3, -0.25) is 9.78 Å². The number of nitrogens with two attached hydrogens (primary N) is 1. The molecule has 1 aliphatic rings. The van der Waals surface area contributed by atoms with E-state index in [1.54, 1.807) is 18.3 Å². The summed E-state index contributed by atoms with van der Waals surface area (Å²) in [5, 5.41) is 0. The summed E-state index contributed by atoms with van der Waals surface area (Å²) in [6, 6.07) is 3.94. The molecular formula is C13H19N3O. The lowest BCUT2D eigenvalue weighted by Gasteiger charge is -2.24. The molecule has 1 aromatic rings. The number of hydrogen-bond acceptors (Lipinski definition) is 3. The fourth-order valence-corrected chi connectivity index (χ4v) is 2.38. The van der Waals surface area contributed by atoms with E-state index in [-0.39, 0.29) is 5.91 Å². The maximum atomic E-state index is 12.3. The number of aromatic nitrogens is 1. The second kappa shape index (κ2) is 5.27. The number of carbonyl (C=O) groups excluding carboxylic acids is 1. The fourth-order valence-electron chi connectivity index (χ4n) is 2.38. The van der Waals surface area contributed by atoms with E-state index in [9.17, 15) is 4.79 Å². The molecule has 1 heterocycles. The minimum atomic E-state index is 0.0778. The summed E-state index contributed by atoms with van der Waals surface area (Å²) in [6.07, 6.45) is 6.35. The van der Waals surface area contributed by atoms with Gasteiger partial charge in [0.15, 0.2) is 0 Å². The number of amides is 1. The van der Waals surface area contributed by atoms with Crippen LogP contribution in [0, 0.1) is 0 Å². The Balaban J connectivity index is 2.12. The SMILES string of the molecule is CN(C(=O)c1ccnc(CN)c1)C1CCCC1. The van der Waals surface area contributed by atoms with Crippen LogP contribution < -0.4 is 5.73 Å². The average molecular weight is 233 g/mol. The molecule has 92 valence electrons. The summed E-state index contributed by atoms with van der Waals surface area (Å²) in [5.41, 5.74) is 6.98. The van der Waals surface area contributed by atoms with Crippen molar-refractivity contribution in [1.82, 2.24) is 9.88 Å². The van der Waals surface area contributed by atoms with E-state index in [0.29, 0.717) is 18.2 Å². The van der Waals surface area contributed by atoms with Crippen LogP contribution in [-0.4, -0.2) is 28.9 Å². The average Bonchev–Trinajstić information content (AvgIpc) is 2.91. The summed E-state index contributed by atoms with van der Waals surface area (Å²) in [5.74, 6) is 0.0778. The van der Waals surface area contributed by atoms with E-state index >= 15 is 0 Å². The molecule has 4 heteroatoms. The topological polar surface area (TPSA) is 59.2 Å². The molecule has 2 rings (SSSR count). The van der Waals surface area contributed by atoms with E-state index in [2.05, 4.69) is 4.98 Å². The van der Waals surface area contributed by atoms with Crippen LogP contribution >= 0.6 is 0 Å². The first-order chi connectivity index (χ1) is 8.22. The molecule has 0 aromatic carbocycles. The summed E-state index contributed by atoms with van der Waals surface area (Å²) in [7, 11) is 1.89. The molecule has 0 bridgehead atoms. The molecule has 1 aromatic heterocycles. The Kier molecular flexibility index (Phi) is 3.74. The van der Waals surface area contributed by atoms with E-state index in [4.69, 9.17) is 5.73 Å². The minimum absolute atomic E-state index is 0.0778. The third kappa shape index (κ3) is 2.64. The molecule has 2 N–H and O–H groups in total. The Morgan fingerprint density at radius 3 is 2.88 bits per heavy atom. The van der Waals surface area contributed by atoms with Crippen molar-refractivity contribution in [3.63, 3.8) is 0 Å². The monoisotopic (exact) mass is 233 g/mol. The lowest BCUT2D eigenvalue weighted by atomic mass is 10.1. The zero-order valence-corrected chi connectivity index (χ0v) is 10.2. The molecular weight excluding hydrogens is 214 g/mol. The molecule has 17 heavy (non-hydrogen) atoms. The van der Waals surface area contributed by atoms with Gasteiger partial charge in [0.25, 0.3) is 5.91 Å². The van der Waals surface area contributed by atoms with Gasteiger partial charge in [-0.1, -0.05) is 12.8 Å². The van der Waals surface area contributed by atoms with Crippen LogP contribution in [-0.2, 0) is 6.54 Å². The van der Waals surface area contributed by atoms with Crippen LogP contribution in [0.1, 0.15) is 41.7 Å². The van der Waals surface area contributed by atoms with Gasteiger partial charge in [0.2, 0.25) is 0 Å². The maximum Gasteiger partial charge on any atom is 0.253 e. The summed E-state index contributed by atoms with van der Waals surface area (Å²) < 4.78 is 0. The van der Waals surface area contributed by atoms with Gasteiger partial charge in [0.1, 0.15) is 0 Å². The highest BCUT2D eigenvalue weighted by Crippen LogP contribution is 2.23. The van der Waals surface area contributed by atoms with Crippen molar-refractivity contribution in [2.45, 2.75) is 38.3 Å². The molecule has 4 nitrogen and oxygen atoms in total. The Morgan fingerprint density at radius 1 is 1.53 bits per heavy atom. The van der Waals surface area contributed by atoms with Gasteiger partial charge < -0.3 is 10.6 Å². The maximum absolute atomic E-state index is 12.3. The van der Waals surface area contributed by atoms with Gasteiger partial charge in [0, 0.05) is 31.4 Å². The van der Waals surface area contributed by atoms with Gasteiger partial charge in [0.05, 0.1) is 5.69 Å². The van der Waals surface area contributed by atoms with Crippen LogP contribution in [0.2, 0.25) is 0 Å². The second-order valence-electron chi connectivity index (χ2n) is 4.59. The second-order valence-corrected chi connectivity index (χ2v) is 4.59. The third-order valence-electron chi connectivity index (χ3n) is 3.47. The van der Waals surface area contributed by atoms with Crippen molar-refractivity contribution in [3.8, 4) is 0 Å². The van der Waals surface area contributed by atoms with Crippen LogP contribution in [0.15, 0.2) is 18.3 Å². The predicted octanol–water partition coefficient (Wildman–Crippen LogP) is 1.55. The molecule has 0 atom stereocenters. The van der Waals surface area contributed by atoms with Gasteiger partial charge in [-0.05, 0) is 25.0 Å². The lowest BCUT2D eigenvalue weighted by Crippen LogP contribution is -2.35. The Hall–Kier alpha value is -1.42. The molecule has 0 unspecified atom stereocenters. The predicted molar refractivity (Wildman–Crippen MR) is 66.5 cm³/mol. The number of pyridine rings is 1. The van der Waals surface area contributed by atoms with Crippen molar-refractivity contribution in [2.75, 3.05) is 7.05 Å². The van der Waals surface area contributed by atoms with Gasteiger partial charge in [-0.25, -0.2) is 0 Å². The smallest absolute Gasteiger partial charge is 0.253 e. The van der Waals surface area contributed by atoms with Crippen LogP contribution in [0.3, 0.4) is 0 Å². The van der Waals surface area contributed by atoms with Gasteiger partial charge in [-0.15, -0.1) is 0 Å². The standard InChI is InChI=1S/C13H19N3O/c1-16(12-4-2-3-5-12)13(17)10-6-7-15-11(8-10)9-14/h6-8,12H,2-5,9,14H2,1H3. The van der Waals surface area contributed by atoms with Gasteiger partial charge in [-0.2, -0.15) is 0 Å². The van der Waals surface area contributed by atoms with Crippen molar-refractivity contribution < 1.29 is 4.79 Å². The zero-order chi connectivity index (χ0) is 12.3. The van der Waals surface area contributed by atoms with Crippen LogP contribution in [0.4, 0.5) is 0 Å². The van der Waals surface area contributed by atoms with Crippen LogP contribution in [0.25, 0.3) is 0 Å². The molecule has 0 aliphatic heterocycles. The van der Waals surface area contributed by atoms with Crippen molar-refractivity contribution in [2.24, 2.45) is 5.73 Å². The van der Waals surface area contributed by atoms with E-state index in [0.717, 1.165) is 18.5 Å². The van der Waals surface area contributed by atoms with E-state index in [1.165, 1.54) is 12.8 Å². The summed E-state index contributed by atoms with van der Waals surface area (Å²) in [6.45, 7) is 0.369. The highest BCUT2D eigenvalue weighted by Gasteiger charge is 2.24. The van der Waals surface area contributed by atoms with Gasteiger partial charge >= 0.3 is 0 Å². The zero-order valence-electron chi connectivity index (χ0n) is 10.2. The first kappa shape index (κ1) is 12.0. The van der Waals surface area contributed by atoms with Crippen molar-refractivity contribution in [1.29, 1.82) is 0 Å². The Morgan fingerprint density at radius 2 is 2.24 bits per heavy atom. The van der Waals surface area contributed by atoms with E-state index in [1.807, 2.05) is 11.9 Å².